The van der Waals surface area contributed by atoms with Gasteiger partial charge in [0, 0.05) is 0 Å². The van der Waals surface area contributed by atoms with Crippen LogP contribution in [0.25, 0.3) is 0 Å². The molecule has 0 aliphatic rings. The lowest BCUT2D eigenvalue weighted by molar-refractivity contribution is -0.00863. The Kier molecular flexibility index (Phi) is 10.7. The molecule has 0 bridgehead atoms. The zero-order valence-electron chi connectivity index (χ0n) is 18.2. The monoisotopic (exact) mass is 425 g/mol. The number of benzene rings is 1. The molecule has 0 aromatic heterocycles. The van der Waals surface area contributed by atoms with Gasteiger partial charge in [-0.1, -0.05) is 6.42 Å². The summed E-state index contributed by atoms with van der Waals surface area (Å²) in [7, 11) is 2.53. The first-order valence-corrected chi connectivity index (χ1v) is 9.71. The molecule has 0 radical (unpaired) electrons. The number of unbranched alkanes of at least 4 members (excludes halogenated alkanes) is 3. The number of amides is 1. The Morgan fingerprint density at radius 2 is 1.37 bits per heavy atom. The van der Waals surface area contributed by atoms with E-state index in [4.69, 9.17) is 23.8 Å². The number of ether oxygens (including phenoxy) is 4. The van der Waals surface area contributed by atoms with Crippen molar-refractivity contribution >= 4 is 18.0 Å². The lowest BCUT2D eigenvalue weighted by Crippen LogP contribution is -2.32. The highest BCUT2D eigenvalue weighted by Crippen LogP contribution is 2.19. The molecule has 0 aliphatic heterocycles. The zero-order chi connectivity index (χ0) is 22.6. The van der Waals surface area contributed by atoms with Crippen LogP contribution in [0.2, 0.25) is 0 Å². The van der Waals surface area contributed by atoms with Gasteiger partial charge in [0.15, 0.2) is 0 Å². The summed E-state index contributed by atoms with van der Waals surface area (Å²) in [6.45, 7) is 6.12. The van der Waals surface area contributed by atoms with Crippen LogP contribution in [0.3, 0.4) is 0 Å². The second-order valence-electron chi connectivity index (χ2n) is 7.44. The van der Waals surface area contributed by atoms with Crippen molar-refractivity contribution in [3.05, 3.63) is 29.3 Å². The minimum Gasteiger partial charge on any atom is -0.494 e. The Hall–Kier alpha value is -2.81. The number of esters is 2. The highest BCUT2D eigenvalue weighted by molar-refractivity contribution is 5.96. The van der Waals surface area contributed by atoms with Crippen LogP contribution in [-0.2, 0) is 19.0 Å². The number of methoxy groups -OCH3 is 2. The van der Waals surface area contributed by atoms with Crippen LogP contribution in [0.15, 0.2) is 18.2 Å². The summed E-state index contributed by atoms with van der Waals surface area (Å²) in [5.74, 6) is -0.737. The Morgan fingerprint density at radius 1 is 0.833 bits per heavy atom. The number of rotatable bonds is 11. The van der Waals surface area contributed by atoms with E-state index in [-0.39, 0.29) is 11.1 Å². The molecule has 9 heteroatoms. The molecular weight excluding hydrogens is 394 g/mol. The molecule has 0 heterocycles. The summed E-state index contributed by atoms with van der Waals surface area (Å²) in [5.41, 5.74) is 2.10. The van der Waals surface area contributed by atoms with Gasteiger partial charge in [-0.2, -0.15) is 5.48 Å². The molecule has 1 aromatic carbocycles. The fourth-order valence-electron chi connectivity index (χ4n) is 2.38. The summed E-state index contributed by atoms with van der Waals surface area (Å²) < 4.78 is 20.1. The second-order valence-corrected chi connectivity index (χ2v) is 7.44. The maximum Gasteiger partial charge on any atom is 0.431 e. The van der Waals surface area contributed by atoms with Crippen molar-refractivity contribution in [1.29, 1.82) is 0 Å². The van der Waals surface area contributed by atoms with E-state index in [0.717, 1.165) is 25.7 Å². The molecule has 0 saturated carbocycles. The number of hydrogen-bond acceptors (Lipinski definition) is 8. The molecular formula is C21H31NO8. The smallest absolute Gasteiger partial charge is 0.431 e. The van der Waals surface area contributed by atoms with E-state index in [0.29, 0.717) is 19.0 Å². The largest absolute Gasteiger partial charge is 0.494 e. The highest BCUT2D eigenvalue weighted by atomic mass is 16.7. The zero-order valence-corrected chi connectivity index (χ0v) is 18.2. The van der Waals surface area contributed by atoms with E-state index in [1.807, 2.05) is 0 Å². The van der Waals surface area contributed by atoms with Crippen molar-refractivity contribution in [2.75, 3.05) is 27.4 Å². The maximum absolute atomic E-state index is 11.8. The van der Waals surface area contributed by atoms with Crippen molar-refractivity contribution in [3.8, 4) is 5.75 Å². The van der Waals surface area contributed by atoms with Crippen LogP contribution in [0, 0.1) is 0 Å². The van der Waals surface area contributed by atoms with E-state index in [2.05, 4.69) is 5.48 Å². The van der Waals surface area contributed by atoms with Crippen molar-refractivity contribution in [2.45, 2.75) is 52.1 Å². The summed E-state index contributed by atoms with van der Waals surface area (Å²) >= 11 is 0. The maximum atomic E-state index is 11.8. The van der Waals surface area contributed by atoms with Crippen LogP contribution >= 0.6 is 0 Å². The number of carbonyl (C=O) groups excluding carboxylic acids is 3. The number of nitrogens with one attached hydrogen (secondary N) is 1. The van der Waals surface area contributed by atoms with E-state index in [1.165, 1.54) is 32.4 Å². The van der Waals surface area contributed by atoms with Crippen molar-refractivity contribution in [3.63, 3.8) is 0 Å². The molecule has 0 unspecified atom stereocenters. The fourth-order valence-corrected chi connectivity index (χ4v) is 2.38. The Balaban J connectivity index is 2.30. The Bertz CT molecular complexity index is 677. The van der Waals surface area contributed by atoms with Gasteiger partial charge in [-0.05, 0) is 58.2 Å². The first-order valence-electron chi connectivity index (χ1n) is 9.71. The number of hydrogen-bond donors (Lipinski definition) is 1. The third-order valence-electron chi connectivity index (χ3n) is 3.71. The SMILES string of the molecule is COC(=O)c1cc(OCCCCCCONC(=O)OC(C)(C)C)cc(C(=O)OC)c1. The lowest BCUT2D eigenvalue weighted by atomic mass is 10.1. The van der Waals surface area contributed by atoms with Gasteiger partial charge in [0.25, 0.3) is 0 Å². The molecule has 1 N–H and O–H groups in total. The van der Waals surface area contributed by atoms with Crippen LogP contribution in [0.1, 0.15) is 67.2 Å². The van der Waals surface area contributed by atoms with E-state index in [9.17, 15) is 14.4 Å². The van der Waals surface area contributed by atoms with Crippen LogP contribution in [0.5, 0.6) is 5.75 Å². The molecule has 0 saturated heterocycles. The minimum absolute atomic E-state index is 0.213. The van der Waals surface area contributed by atoms with Crippen LogP contribution in [0.4, 0.5) is 4.79 Å². The molecule has 1 rings (SSSR count). The van der Waals surface area contributed by atoms with Crippen molar-refractivity contribution < 1.29 is 38.2 Å². The molecule has 0 atom stereocenters. The summed E-state index contributed by atoms with van der Waals surface area (Å²) in [5, 5.41) is 0. The first-order chi connectivity index (χ1) is 14.2. The minimum atomic E-state index is -0.614. The Morgan fingerprint density at radius 3 is 1.87 bits per heavy atom. The van der Waals surface area contributed by atoms with Crippen LogP contribution < -0.4 is 10.2 Å². The molecule has 30 heavy (non-hydrogen) atoms. The van der Waals surface area contributed by atoms with Crippen molar-refractivity contribution in [2.24, 2.45) is 0 Å². The quantitative estimate of drug-likeness (QED) is 0.248. The molecule has 1 amide bonds. The second kappa shape index (κ2) is 12.7. The van der Waals surface area contributed by atoms with Gasteiger partial charge in [-0.25, -0.2) is 14.4 Å². The number of hydroxylamine groups is 1. The summed E-state index contributed by atoms with van der Waals surface area (Å²) in [6, 6.07) is 4.44. The summed E-state index contributed by atoms with van der Waals surface area (Å²) in [4.78, 5) is 40.0. The molecule has 0 aliphatic carbocycles. The van der Waals surface area contributed by atoms with Gasteiger partial charge in [0.05, 0.1) is 38.6 Å². The Labute approximate surface area is 176 Å². The first kappa shape index (κ1) is 25.2. The molecule has 168 valence electrons. The molecule has 0 fully saturated rings. The predicted octanol–water partition coefficient (Wildman–Crippen LogP) is 3.66. The third kappa shape index (κ3) is 10.1. The standard InChI is InChI=1S/C21H31NO8/c1-21(2,3)30-20(25)22-29-11-9-7-6-8-10-28-17-13-15(18(23)26-4)12-16(14-17)19(24)27-5/h12-14H,6-11H2,1-5H3,(H,22,25). The van der Waals surface area contributed by atoms with Crippen molar-refractivity contribution in [1.82, 2.24) is 5.48 Å². The van der Waals surface area contributed by atoms with Gasteiger partial charge >= 0.3 is 18.0 Å². The average Bonchev–Trinajstić information content (AvgIpc) is 2.69. The fraction of sp³-hybridized carbons (Fsp3) is 0.571. The normalized spacial score (nSPS) is 10.8. The topological polar surface area (TPSA) is 109 Å². The van der Waals surface area contributed by atoms with E-state index >= 15 is 0 Å². The van der Waals surface area contributed by atoms with E-state index in [1.54, 1.807) is 20.8 Å². The molecule has 0 spiro atoms. The van der Waals surface area contributed by atoms with Gasteiger partial charge in [0.2, 0.25) is 0 Å². The van der Waals surface area contributed by atoms with Gasteiger partial charge in [0.1, 0.15) is 11.4 Å². The third-order valence-corrected chi connectivity index (χ3v) is 3.71. The highest BCUT2D eigenvalue weighted by Gasteiger charge is 2.16. The average molecular weight is 425 g/mol. The summed E-state index contributed by atoms with van der Waals surface area (Å²) in [6.07, 6.45) is 2.69. The van der Waals surface area contributed by atoms with Gasteiger partial charge in [-0.3, -0.25) is 4.84 Å². The van der Waals surface area contributed by atoms with Gasteiger partial charge < -0.3 is 18.9 Å². The lowest BCUT2D eigenvalue weighted by Gasteiger charge is -2.19. The number of carbonyl (C=O) groups is 3. The predicted molar refractivity (Wildman–Crippen MR) is 108 cm³/mol. The van der Waals surface area contributed by atoms with Crippen LogP contribution in [-0.4, -0.2) is 51.1 Å². The van der Waals surface area contributed by atoms with Gasteiger partial charge in [-0.15, -0.1) is 0 Å². The molecule has 9 nitrogen and oxygen atoms in total. The van der Waals surface area contributed by atoms with E-state index < -0.39 is 23.6 Å². The molecule has 1 aromatic rings.